The van der Waals surface area contributed by atoms with Crippen molar-refractivity contribution >= 4 is 17.3 Å². The van der Waals surface area contributed by atoms with Gasteiger partial charge in [0.05, 0.1) is 16.6 Å². The molecule has 1 aromatic carbocycles. The normalized spacial score (nSPS) is 17.9. The number of hydrogen-bond donors (Lipinski definition) is 2. The van der Waals surface area contributed by atoms with E-state index in [0.717, 1.165) is 12.8 Å². The Kier molecular flexibility index (Phi) is 4.19. The second kappa shape index (κ2) is 5.87. The van der Waals surface area contributed by atoms with Crippen LogP contribution in [-0.4, -0.2) is 35.3 Å². The largest absolute Gasteiger partial charge is 0.478 e. The number of benzene rings is 1. The van der Waals surface area contributed by atoms with Crippen molar-refractivity contribution in [2.75, 3.05) is 18.5 Å². The maximum absolute atomic E-state index is 11.1. The number of carboxylic acid groups (broad SMARTS) is 1. The van der Waals surface area contributed by atoms with Crippen LogP contribution in [0.25, 0.3) is 0 Å². The molecule has 0 amide bonds. The molecular formula is C13H16N2O5. The van der Waals surface area contributed by atoms with Crippen LogP contribution in [0.5, 0.6) is 0 Å². The molecule has 1 heterocycles. The lowest BCUT2D eigenvalue weighted by atomic mass is 10.0. The molecule has 0 bridgehead atoms. The summed E-state index contributed by atoms with van der Waals surface area (Å²) in [7, 11) is 0. The van der Waals surface area contributed by atoms with Crippen molar-refractivity contribution in [2.45, 2.75) is 25.9 Å². The lowest BCUT2D eigenvalue weighted by Crippen LogP contribution is -2.20. The molecule has 7 heteroatoms. The van der Waals surface area contributed by atoms with Crippen molar-refractivity contribution in [3.05, 3.63) is 33.4 Å². The van der Waals surface area contributed by atoms with Gasteiger partial charge in [0.15, 0.2) is 0 Å². The Morgan fingerprint density at radius 3 is 2.90 bits per heavy atom. The molecule has 20 heavy (non-hydrogen) atoms. The Labute approximate surface area is 115 Å². The summed E-state index contributed by atoms with van der Waals surface area (Å²) in [5.74, 6) is -1.10. The number of carbonyl (C=O) groups is 1. The molecule has 1 fully saturated rings. The van der Waals surface area contributed by atoms with Gasteiger partial charge in [-0.1, -0.05) is 0 Å². The molecule has 2 N–H and O–H groups in total. The van der Waals surface area contributed by atoms with E-state index in [1.807, 2.05) is 0 Å². The minimum atomic E-state index is -1.10. The smallest absolute Gasteiger partial charge is 0.336 e. The molecule has 0 unspecified atom stereocenters. The van der Waals surface area contributed by atoms with Gasteiger partial charge in [0.25, 0.3) is 5.69 Å². The molecule has 1 atom stereocenters. The van der Waals surface area contributed by atoms with Gasteiger partial charge in [-0.05, 0) is 31.4 Å². The molecule has 0 radical (unpaired) electrons. The fraction of sp³-hybridized carbons (Fsp3) is 0.462. The van der Waals surface area contributed by atoms with Crippen LogP contribution in [0, 0.1) is 17.0 Å². The number of hydrogen-bond acceptors (Lipinski definition) is 5. The second-order valence-electron chi connectivity index (χ2n) is 4.71. The first-order chi connectivity index (χ1) is 9.50. The average Bonchev–Trinajstić information content (AvgIpc) is 2.89. The minimum Gasteiger partial charge on any atom is -0.478 e. The topological polar surface area (TPSA) is 102 Å². The van der Waals surface area contributed by atoms with E-state index in [0.29, 0.717) is 18.7 Å². The van der Waals surface area contributed by atoms with Crippen LogP contribution >= 0.6 is 0 Å². The first-order valence-electron chi connectivity index (χ1n) is 6.37. The van der Waals surface area contributed by atoms with E-state index in [-0.39, 0.29) is 23.0 Å². The van der Waals surface area contributed by atoms with Crippen LogP contribution in [0.4, 0.5) is 11.4 Å². The van der Waals surface area contributed by atoms with Gasteiger partial charge in [0.2, 0.25) is 0 Å². The van der Waals surface area contributed by atoms with Gasteiger partial charge in [0, 0.05) is 19.2 Å². The molecule has 1 aliphatic heterocycles. The predicted octanol–water partition coefficient (Wildman–Crippen LogP) is 2.19. The number of carboxylic acids is 1. The Morgan fingerprint density at radius 1 is 1.60 bits per heavy atom. The third-order valence-corrected chi connectivity index (χ3v) is 3.40. The van der Waals surface area contributed by atoms with Crippen molar-refractivity contribution in [3.8, 4) is 0 Å². The third kappa shape index (κ3) is 2.88. The summed E-state index contributed by atoms with van der Waals surface area (Å²) in [4.78, 5) is 21.6. The van der Waals surface area contributed by atoms with Gasteiger partial charge >= 0.3 is 5.97 Å². The quantitative estimate of drug-likeness (QED) is 0.633. The van der Waals surface area contributed by atoms with Crippen LogP contribution in [0.15, 0.2) is 12.1 Å². The molecule has 108 valence electrons. The molecule has 0 aromatic heterocycles. The molecule has 0 spiro atoms. The van der Waals surface area contributed by atoms with Crippen LogP contribution < -0.4 is 5.32 Å². The number of nitrogens with zero attached hydrogens (tertiary/aromatic N) is 1. The summed E-state index contributed by atoms with van der Waals surface area (Å²) in [6.45, 7) is 2.70. The minimum absolute atomic E-state index is 0.0162. The molecule has 1 aromatic rings. The Balaban J connectivity index is 2.28. The second-order valence-corrected chi connectivity index (χ2v) is 4.71. The summed E-state index contributed by atoms with van der Waals surface area (Å²) in [5, 5.41) is 23.1. The summed E-state index contributed by atoms with van der Waals surface area (Å²) in [6, 6.07) is 2.47. The number of ether oxygens (including phenoxy) is 1. The number of aromatic carboxylic acids is 1. The summed E-state index contributed by atoms with van der Waals surface area (Å²) in [5.41, 5.74) is 0.561. The van der Waals surface area contributed by atoms with E-state index >= 15 is 0 Å². The van der Waals surface area contributed by atoms with Gasteiger partial charge in [-0.25, -0.2) is 4.79 Å². The summed E-state index contributed by atoms with van der Waals surface area (Å²) >= 11 is 0. The highest BCUT2D eigenvalue weighted by molar-refractivity contribution is 5.92. The Bertz CT molecular complexity index is 538. The van der Waals surface area contributed by atoms with Crippen LogP contribution in [0.1, 0.15) is 28.8 Å². The highest BCUT2D eigenvalue weighted by atomic mass is 16.6. The Hall–Kier alpha value is -2.15. The fourth-order valence-electron chi connectivity index (χ4n) is 2.33. The number of nitrogens with one attached hydrogen (secondary N) is 1. The van der Waals surface area contributed by atoms with Gasteiger partial charge in [-0.15, -0.1) is 0 Å². The van der Waals surface area contributed by atoms with Crippen LogP contribution in [-0.2, 0) is 4.74 Å². The van der Waals surface area contributed by atoms with Crippen molar-refractivity contribution in [2.24, 2.45) is 0 Å². The lowest BCUT2D eigenvalue weighted by molar-refractivity contribution is -0.384. The summed E-state index contributed by atoms with van der Waals surface area (Å²) in [6.07, 6.45) is 1.89. The van der Waals surface area contributed by atoms with Gasteiger partial charge in [-0.3, -0.25) is 10.1 Å². The molecule has 1 aliphatic rings. The average molecular weight is 280 g/mol. The highest BCUT2D eigenvalue weighted by Crippen LogP contribution is 2.31. The number of nitro benzene ring substituents is 1. The predicted molar refractivity (Wildman–Crippen MR) is 72.3 cm³/mol. The maximum Gasteiger partial charge on any atom is 0.336 e. The third-order valence-electron chi connectivity index (χ3n) is 3.40. The molecule has 2 rings (SSSR count). The van der Waals surface area contributed by atoms with E-state index < -0.39 is 10.9 Å². The standard InChI is InChI=1S/C13H16N2O5/c1-8-10(13(16)17)4-5-11(15(18)19)12(8)14-7-9-3-2-6-20-9/h4-5,9,14H,2-3,6-7H2,1H3,(H,16,17)/t9-/m0/s1. The lowest BCUT2D eigenvalue weighted by Gasteiger charge is -2.15. The fourth-order valence-corrected chi connectivity index (χ4v) is 2.33. The van der Waals surface area contributed by atoms with E-state index in [1.165, 1.54) is 12.1 Å². The van der Waals surface area contributed by atoms with Gasteiger partial charge in [0.1, 0.15) is 5.69 Å². The first kappa shape index (κ1) is 14.3. The Morgan fingerprint density at radius 2 is 2.35 bits per heavy atom. The van der Waals surface area contributed by atoms with Crippen molar-refractivity contribution < 1.29 is 19.6 Å². The monoisotopic (exact) mass is 280 g/mol. The first-order valence-corrected chi connectivity index (χ1v) is 6.37. The maximum atomic E-state index is 11.1. The molecule has 1 saturated heterocycles. The highest BCUT2D eigenvalue weighted by Gasteiger charge is 2.23. The van der Waals surface area contributed by atoms with Crippen molar-refractivity contribution in [3.63, 3.8) is 0 Å². The van der Waals surface area contributed by atoms with Gasteiger partial charge in [-0.2, -0.15) is 0 Å². The summed E-state index contributed by atoms with van der Waals surface area (Å²) < 4.78 is 5.44. The van der Waals surface area contributed by atoms with E-state index in [1.54, 1.807) is 6.92 Å². The molecule has 0 saturated carbocycles. The zero-order chi connectivity index (χ0) is 14.7. The zero-order valence-corrected chi connectivity index (χ0v) is 11.1. The van der Waals surface area contributed by atoms with E-state index in [4.69, 9.17) is 9.84 Å². The number of nitro groups is 1. The molecule has 7 nitrogen and oxygen atoms in total. The molecule has 0 aliphatic carbocycles. The number of anilines is 1. The van der Waals surface area contributed by atoms with E-state index in [9.17, 15) is 14.9 Å². The van der Waals surface area contributed by atoms with E-state index in [2.05, 4.69) is 5.32 Å². The zero-order valence-electron chi connectivity index (χ0n) is 11.1. The SMILES string of the molecule is Cc1c(C(=O)O)ccc([N+](=O)[O-])c1NC[C@@H]1CCCO1. The van der Waals surface area contributed by atoms with Crippen LogP contribution in [0.3, 0.4) is 0 Å². The number of rotatable bonds is 5. The molecular weight excluding hydrogens is 264 g/mol. The van der Waals surface area contributed by atoms with Crippen molar-refractivity contribution in [1.82, 2.24) is 0 Å². The van der Waals surface area contributed by atoms with Gasteiger partial charge < -0.3 is 15.2 Å². The van der Waals surface area contributed by atoms with Crippen LogP contribution in [0.2, 0.25) is 0 Å². The van der Waals surface area contributed by atoms with Crippen molar-refractivity contribution in [1.29, 1.82) is 0 Å².